The highest BCUT2D eigenvalue weighted by Crippen LogP contribution is 2.23. The predicted molar refractivity (Wildman–Crippen MR) is 117 cm³/mol. The highest BCUT2D eigenvalue weighted by molar-refractivity contribution is 6.03. The first-order valence-electron chi connectivity index (χ1n) is 9.92. The van der Waals surface area contributed by atoms with E-state index in [4.69, 9.17) is 0 Å². The largest absolute Gasteiger partial charge is 0.372 e. The van der Waals surface area contributed by atoms with Crippen molar-refractivity contribution in [3.8, 4) is 0 Å². The van der Waals surface area contributed by atoms with Crippen molar-refractivity contribution in [1.29, 1.82) is 0 Å². The molecule has 0 radical (unpaired) electrons. The molecular weight excluding hydrogens is 362 g/mol. The Morgan fingerprint density at radius 3 is 2.24 bits per heavy atom. The number of hydrogen-bond acceptors (Lipinski definition) is 5. The molecule has 0 saturated carbocycles. The molecule has 0 aliphatic carbocycles. The van der Waals surface area contributed by atoms with Crippen LogP contribution < -0.4 is 15.5 Å². The van der Waals surface area contributed by atoms with E-state index in [1.807, 2.05) is 50.2 Å². The zero-order valence-corrected chi connectivity index (χ0v) is 16.8. The van der Waals surface area contributed by atoms with Crippen LogP contribution in [0.15, 0.2) is 54.6 Å². The second kappa shape index (κ2) is 8.31. The van der Waals surface area contributed by atoms with Gasteiger partial charge in [0.25, 0.3) is 5.91 Å². The third-order valence-corrected chi connectivity index (χ3v) is 4.99. The van der Waals surface area contributed by atoms with Gasteiger partial charge in [-0.05, 0) is 69.2 Å². The molecule has 6 heteroatoms. The number of nitrogens with zero attached hydrogens (tertiary/aromatic N) is 3. The standard InChI is InChI=1S/C23H25N5O/c1-16-5-7-18(8-6-16)25-22(29)21-15-17(2)24-23(27-21)26-19-9-11-20(12-10-19)28-13-3-4-14-28/h5-12,15H,3-4,13-14H2,1-2H3,(H,25,29)(H,24,26,27). The Bertz CT molecular complexity index is 993. The number of rotatable bonds is 5. The van der Waals surface area contributed by atoms with Gasteiger partial charge in [-0.1, -0.05) is 17.7 Å². The first kappa shape index (κ1) is 18.9. The fourth-order valence-electron chi connectivity index (χ4n) is 3.43. The van der Waals surface area contributed by atoms with Crippen LogP contribution in [0.25, 0.3) is 0 Å². The second-order valence-electron chi connectivity index (χ2n) is 7.40. The minimum atomic E-state index is -0.258. The van der Waals surface area contributed by atoms with Crippen LogP contribution in [0.3, 0.4) is 0 Å². The van der Waals surface area contributed by atoms with Crippen LogP contribution in [0, 0.1) is 13.8 Å². The summed E-state index contributed by atoms with van der Waals surface area (Å²) in [7, 11) is 0. The Hall–Kier alpha value is -3.41. The molecule has 148 valence electrons. The summed E-state index contributed by atoms with van der Waals surface area (Å²) < 4.78 is 0. The summed E-state index contributed by atoms with van der Waals surface area (Å²) in [4.78, 5) is 23.8. The van der Waals surface area contributed by atoms with E-state index in [2.05, 4.69) is 37.6 Å². The van der Waals surface area contributed by atoms with Gasteiger partial charge in [-0.2, -0.15) is 0 Å². The van der Waals surface area contributed by atoms with Gasteiger partial charge >= 0.3 is 0 Å². The van der Waals surface area contributed by atoms with Crippen molar-refractivity contribution in [2.45, 2.75) is 26.7 Å². The summed E-state index contributed by atoms with van der Waals surface area (Å²) in [6.45, 7) is 6.10. The lowest BCUT2D eigenvalue weighted by molar-refractivity contribution is 0.102. The van der Waals surface area contributed by atoms with Gasteiger partial charge < -0.3 is 15.5 Å². The number of aryl methyl sites for hydroxylation is 2. The molecule has 4 rings (SSSR count). The maximum absolute atomic E-state index is 12.6. The molecule has 2 heterocycles. The predicted octanol–water partition coefficient (Wildman–Crippen LogP) is 4.69. The van der Waals surface area contributed by atoms with Crippen molar-refractivity contribution >= 4 is 28.9 Å². The van der Waals surface area contributed by atoms with E-state index < -0.39 is 0 Å². The van der Waals surface area contributed by atoms with Crippen LogP contribution >= 0.6 is 0 Å². The van der Waals surface area contributed by atoms with E-state index >= 15 is 0 Å². The van der Waals surface area contributed by atoms with Gasteiger partial charge in [0.05, 0.1) is 0 Å². The number of hydrogen-bond donors (Lipinski definition) is 2. The summed E-state index contributed by atoms with van der Waals surface area (Å²) in [6.07, 6.45) is 2.51. The minimum Gasteiger partial charge on any atom is -0.372 e. The van der Waals surface area contributed by atoms with Gasteiger partial charge in [-0.3, -0.25) is 4.79 Å². The van der Waals surface area contributed by atoms with E-state index in [9.17, 15) is 4.79 Å². The van der Waals surface area contributed by atoms with Gasteiger partial charge in [0.2, 0.25) is 5.95 Å². The molecule has 0 atom stereocenters. The molecule has 1 aliphatic heterocycles. The molecule has 3 aromatic rings. The van der Waals surface area contributed by atoms with Crippen LogP contribution in [-0.4, -0.2) is 29.0 Å². The van der Waals surface area contributed by atoms with Gasteiger partial charge in [-0.25, -0.2) is 9.97 Å². The highest BCUT2D eigenvalue weighted by Gasteiger charge is 2.13. The monoisotopic (exact) mass is 387 g/mol. The third kappa shape index (κ3) is 4.71. The SMILES string of the molecule is Cc1ccc(NC(=O)c2cc(C)nc(Nc3ccc(N4CCCC4)cc3)n2)cc1. The summed E-state index contributed by atoms with van der Waals surface area (Å²) in [5.74, 6) is 0.153. The maximum atomic E-state index is 12.6. The number of carbonyl (C=O) groups is 1. The molecule has 0 spiro atoms. The van der Waals surface area contributed by atoms with Gasteiger partial charge in [0, 0.05) is 35.8 Å². The number of carbonyl (C=O) groups excluding carboxylic acids is 1. The lowest BCUT2D eigenvalue weighted by Crippen LogP contribution is -2.17. The van der Waals surface area contributed by atoms with Crippen molar-refractivity contribution in [1.82, 2.24) is 9.97 Å². The van der Waals surface area contributed by atoms with E-state index in [0.29, 0.717) is 11.6 Å². The first-order chi connectivity index (χ1) is 14.1. The molecule has 1 aromatic heterocycles. The highest BCUT2D eigenvalue weighted by atomic mass is 16.1. The normalized spacial score (nSPS) is 13.4. The fourth-order valence-corrected chi connectivity index (χ4v) is 3.43. The topological polar surface area (TPSA) is 70.2 Å². The Morgan fingerprint density at radius 1 is 0.897 bits per heavy atom. The average Bonchev–Trinajstić information content (AvgIpc) is 3.25. The molecular formula is C23H25N5O. The van der Waals surface area contributed by atoms with Crippen LogP contribution in [0.1, 0.15) is 34.6 Å². The Labute approximate surface area is 171 Å². The van der Waals surface area contributed by atoms with Crippen molar-refractivity contribution in [3.63, 3.8) is 0 Å². The molecule has 29 heavy (non-hydrogen) atoms. The molecule has 1 aliphatic rings. The summed E-state index contributed by atoms with van der Waals surface area (Å²) >= 11 is 0. The van der Waals surface area contributed by atoms with Crippen molar-refractivity contribution < 1.29 is 4.79 Å². The zero-order valence-electron chi connectivity index (χ0n) is 16.8. The van der Waals surface area contributed by atoms with Crippen molar-refractivity contribution in [2.75, 3.05) is 28.6 Å². The van der Waals surface area contributed by atoms with Gasteiger partial charge in [0.15, 0.2) is 0 Å². The summed E-state index contributed by atoms with van der Waals surface area (Å²) in [6, 6.07) is 17.6. The smallest absolute Gasteiger partial charge is 0.274 e. The second-order valence-corrected chi connectivity index (χ2v) is 7.40. The Balaban J connectivity index is 1.47. The molecule has 0 bridgehead atoms. The Kier molecular flexibility index (Phi) is 5.42. The molecule has 1 saturated heterocycles. The van der Waals surface area contributed by atoms with Gasteiger partial charge in [-0.15, -0.1) is 0 Å². The van der Waals surface area contributed by atoms with E-state index in [1.165, 1.54) is 18.5 Å². The fraction of sp³-hybridized carbons (Fsp3) is 0.261. The lowest BCUT2D eigenvalue weighted by atomic mass is 10.2. The van der Waals surface area contributed by atoms with Crippen molar-refractivity contribution in [3.05, 3.63) is 71.5 Å². The summed E-state index contributed by atoms with van der Waals surface area (Å²) in [5, 5.41) is 6.09. The quantitative estimate of drug-likeness (QED) is 0.665. The molecule has 0 unspecified atom stereocenters. The maximum Gasteiger partial charge on any atom is 0.274 e. The number of amides is 1. The number of aromatic nitrogens is 2. The zero-order chi connectivity index (χ0) is 20.2. The van der Waals surface area contributed by atoms with Crippen molar-refractivity contribution in [2.24, 2.45) is 0 Å². The lowest BCUT2D eigenvalue weighted by Gasteiger charge is -2.17. The van der Waals surface area contributed by atoms with E-state index in [-0.39, 0.29) is 5.91 Å². The molecule has 2 N–H and O–H groups in total. The third-order valence-electron chi connectivity index (χ3n) is 4.99. The number of nitrogens with one attached hydrogen (secondary N) is 2. The molecule has 1 fully saturated rings. The van der Waals surface area contributed by atoms with Crippen LogP contribution in [-0.2, 0) is 0 Å². The number of benzene rings is 2. The number of anilines is 4. The minimum absolute atomic E-state index is 0.258. The summed E-state index contributed by atoms with van der Waals surface area (Å²) in [5.41, 5.74) is 5.06. The molecule has 6 nitrogen and oxygen atoms in total. The van der Waals surface area contributed by atoms with Crippen LogP contribution in [0.2, 0.25) is 0 Å². The van der Waals surface area contributed by atoms with Gasteiger partial charge in [0.1, 0.15) is 5.69 Å². The van der Waals surface area contributed by atoms with Crippen LogP contribution in [0.5, 0.6) is 0 Å². The van der Waals surface area contributed by atoms with Crippen LogP contribution in [0.4, 0.5) is 23.0 Å². The Morgan fingerprint density at radius 2 is 1.55 bits per heavy atom. The average molecular weight is 387 g/mol. The van der Waals surface area contributed by atoms with E-state index in [1.54, 1.807) is 6.07 Å². The van der Waals surface area contributed by atoms with E-state index in [0.717, 1.165) is 35.7 Å². The molecule has 1 amide bonds. The first-order valence-corrected chi connectivity index (χ1v) is 9.92. The molecule has 2 aromatic carbocycles.